The molecule has 0 aliphatic carbocycles. The summed E-state index contributed by atoms with van der Waals surface area (Å²) in [6.45, 7) is 3.97. The lowest BCUT2D eigenvalue weighted by atomic mass is 10.0. The van der Waals surface area contributed by atoms with Gasteiger partial charge in [0.25, 0.3) is 0 Å². The number of aliphatic hydroxyl groups is 1. The second-order valence-electron chi connectivity index (χ2n) is 5.88. The van der Waals surface area contributed by atoms with E-state index in [9.17, 15) is 18.0 Å². The first-order chi connectivity index (χ1) is 11.2. The number of hydrogen-bond acceptors (Lipinski definition) is 3. The highest BCUT2D eigenvalue weighted by atomic mass is 19.4. The summed E-state index contributed by atoms with van der Waals surface area (Å²) < 4.78 is 43.1. The first kappa shape index (κ1) is 18.5. The number of aliphatic hydroxyl groups excluding tert-OH is 1. The van der Waals surface area contributed by atoms with E-state index in [0.717, 1.165) is 12.1 Å². The molecular formula is C17H20F3NO3. The molecule has 1 fully saturated rings. The number of carbonyl (C=O) groups is 1. The topological polar surface area (TPSA) is 49.8 Å². The van der Waals surface area contributed by atoms with Gasteiger partial charge in [-0.25, -0.2) is 0 Å². The molecule has 1 aromatic rings. The summed E-state index contributed by atoms with van der Waals surface area (Å²) in [4.78, 5) is 14.0. The number of alkyl halides is 3. The molecule has 2 atom stereocenters. The molecule has 0 aromatic heterocycles. The molecule has 1 aliphatic rings. The molecule has 2 unspecified atom stereocenters. The second kappa shape index (κ2) is 7.36. The maximum atomic E-state index is 12.6. The molecule has 0 saturated carbocycles. The van der Waals surface area contributed by atoms with Crippen LogP contribution < -0.4 is 0 Å². The van der Waals surface area contributed by atoms with Crippen LogP contribution in [0.1, 0.15) is 25.0 Å². The largest absolute Gasteiger partial charge is 0.416 e. The van der Waals surface area contributed by atoms with E-state index in [1.807, 2.05) is 6.92 Å². The van der Waals surface area contributed by atoms with Crippen molar-refractivity contribution in [1.29, 1.82) is 0 Å². The number of ether oxygens (including phenoxy) is 1. The van der Waals surface area contributed by atoms with Crippen LogP contribution in [0.25, 0.3) is 5.57 Å². The number of halogens is 3. The maximum Gasteiger partial charge on any atom is 0.416 e. The molecule has 7 heteroatoms. The van der Waals surface area contributed by atoms with Gasteiger partial charge >= 0.3 is 6.18 Å². The number of amides is 1. The van der Waals surface area contributed by atoms with Crippen LogP contribution in [-0.4, -0.2) is 47.8 Å². The third-order valence-corrected chi connectivity index (χ3v) is 4.00. The zero-order valence-electron chi connectivity index (χ0n) is 13.5. The maximum absolute atomic E-state index is 12.6. The van der Waals surface area contributed by atoms with Gasteiger partial charge in [-0.3, -0.25) is 4.79 Å². The lowest BCUT2D eigenvalue weighted by Gasteiger charge is -2.37. The quantitative estimate of drug-likeness (QED) is 0.859. The number of allylic oxidation sites excluding steroid dienone is 1. The van der Waals surface area contributed by atoms with E-state index in [0.29, 0.717) is 17.7 Å². The molecule has 1 saturated heterocycles. The molecule has 1 N–H and O–H groups in total. The van der Waals surface area contributed by atoms with E-state index in [1.54, 1.807) is 11.8 Å². The summed E-state index contributed by atoms with van der Waals surface area (Å²) in [5.74, 6) is -0.248. The Morgan fingerprint density at radius 3 is 2.54 bits per heavy atom. The highest BCUT2D eigenvalue weighted by Gasteiger charge is 2.30. The van der Waals surface area contributed by atoms with Crippen molar-refractivity contribution in [3.8, 4) is 0 Å². The smallest absolute Gasteiger partial charge is 0.394 e. The third kappa shape index (κ3) is 4.36. The SMILES string of the molecule is C/C(=C/C(=O)N1CC(CO)OCC1C)c1ccc(C(F)(F)F)cc1. The van der Waals surface area contributed by atoms with Crippen molar-refractivity contribution in [3.63, 3.8) is 0 Å². The summed E-state index contributed by atoms with van der Waals surface area (Å²) in [7, 11) is 0. The van der Waals surface area contributed by atoms with Gasteiger partial charge in [-0.1, -0.05) is 12.1 Å². The van der Waals surface area contributed by atoms with E-state index >= 15 is 0 Å². The average molecular weight is 343 g/mol. The molecule has 132 valence electrons. The van der Waals surface area contributed by atoms with E-state index in [2.05, 4.69) is 0 Å². The fraction of sp³-hybridized carbons (Fsp3) is 0.471. The van der Waals surface area contributed by atoms with Gasteiger partial charge in [0.15, 0.2) is 0 Å². The minimum Gasteiger partial charge on any atom is -0.394 e. The molecule has 4 nitrogen and oxygen atoms in total. The number of carbonyl (C=O) groups excluding carboxylic acids is 1. The van der Waals surface area contributed by atoms with Gasteiger partial charge in [-0.2, -0.15) is 13.2 Å². The third-order valence-electron chi connectivity index (χ3n) is 4.00. The fourth-order valence-electron chi connectivity index (χ4n) is 2.51. The number of morpholine rings is 1. The van der Waals surface area contributed by atoms with Gasteiger partial charge in [0, 0.05) is 12.6 Å². The normalized spacial score (nSPS) is 22.6. The molecule has 2 rings (SSSR count). The average Bonchev–Trinajstić information content (AvgIpc) is 2.54. The number of hydrogen-bond donors (Lipinski definition) is 1. The summed E-state index contributed by atoms with van der Waals surface area (Å²) in [6, 6.07) is 4.56. The van der Waals surface area contributed by atoms with Gasteiger partial charge < -0.3 is 14.7 Å². The van der Waals surface area contributed by atoms with Crippen molar-refractivity contribution in [3.05, 3.63) is 41.5 Å². The summed E-state index contributed by atoms with van der Waals surface area (Å²) in [5.41, 5.74) is 0.405. The predicted molar refractivity (Wildman–Crippen MR) is 83.1 cm³/mol. The summed E-state index contributed by atoms with van der Waals surface area (Å²) in [6.07, 6.45) is -3.39. The van der Waals surface area contributed by atoms with Crippen molar-refractivity contribution in [2.24, 2.45) is 0 Å². The van der Waals surface area contributed by atoms with Gasteiger partial charge in [0.2, 0.25) is 5.91 Å². The summed E-state index contributed by atoms with van der Waals surface area (Å²) >= 11 is 0. The minimum absolute atomic E-state index is 0.128. The molecule has 0 bridgehead atoms. The van der Waals surface area contributed by atoms with Crippen molar-refractivity contribution in [1.82, 2.24) is 4.90 Å². The van der Waals surface area contributed by atoms with Crippen molar-refractivity contribution >= 4 is 11.5 Å². The zero-order valence-corrected chi connectivity index (χ0v) is 13.5. The fourth-order valence-corrected chi connectivity index (χ4v) is 2.51. The van der Waals surface area contributed by atoms with Crippen LogP contribution in [0, 0.1) is 0 Å². The second-order valence-corrected chi connectivity index (χ2v) is 5.88. The van der Waals surface area contributed by atoms with Crippen LogP contribution in [-0.2, 0) is 15.7 Å². The Morgan fingerprint density at radius 2 is 2.00 bits per heavy atom. The van der Waals surface area contributed by atoms with Gasteiger partial charge in [-0.05, 0) is 37.1 Å². The van der Waals surface area contributed by atoms with Gasteiger partial charge in [0.1, 0.15) is 0 Å². The molecule has 0 spiro atoms. The van der Waals surface area contributed by atoms with E-state index in [4.69, 9.17) is 9.84 Å². The lowest BCUT2D eigenvalue weighted by molar-refractivity contribution is -0.141. The first-order valence-electron chi connectivity index (χ1n) is 7.61. The monoisotopic (exact) mass is 343 g/mol. The van der Waals surface area contributed by atoms with Crippen molar-refractivity contribution in [2.45, 2.75) is 32.2 Å². The van der Waals surface area contributed by atoms with E-state index in [-0.39, 0.29) is 25.1 Å². The van der Waals surface area contributed by atoms with Crippen molar-refractivity contribution in [2.75, 3.05) is 19.8 Å². The Bertz CT molecular complexity index is 611. The highest BCUT2D eigenvalue weighted by molar-refractivity contribution is 5.95. The zero-order chi connectivity index (χ0) is 17.9. The Kier molecular flexibility index (Phi) is 5.66. The van der Waals surface area contributed by atoms with Crippen LogP contribution >= 0.6 is 0 Å². The standard InChI is InChI=1S/C17H20F3NO3/c1-11(13-3-5-14(6-4-13)17(18,19)20)7-16(23)21-8-15(9-22)24-10-12(21)2/h3-7,12,15,22H,8-10H2,1-2H3/b11-7-. The van der Waals surface area contributed by atoms with Gasteiger partial charge in [0.05, 0.1) is 30.9 Å². The molecule has 1 aromatic carbocycles. The van der Waals surface area contributed by atoms with Crippen LogP contribution in [0.5, 0.6) is 0 Å². The number of nitrogens with zero attached hydrogens (tertiary/aromatic N) is 1. The Morgan fingerprint density at radius 1 is 1.38 bits per heavy atom. The predicted octanol–water partition coefficient (Wildman–Crippen LogP) is 2.72. The molecule has 1 aliphatic heterocycles. The lowest BCUT2D eigenvalue weighted by Crippen LogP contribution is -2.51. The Hall–Kier alpha value is -1.86. The number of benzene rings is 1. The Balaban J connectivity index is 2.13. The molecule has 1 heterocycles. The van der Waals surface area contributed by atoms with Crippen LogP contribution in [0.4, 0.5) is 13.2 Å². The molecule has 1 amide bonds. The molecular weight excluding hydrogens is 323 g/mol. The Labute approximate surface area is 138 Å². The van der Waals surface area contributed by atoms with E-state index in [1.165, 1.54) is 18.2 Å². The highest BCUT2D eigenvalue weighted by Crippen LogP contribution is 2.30. The minimum atomic E-state index is -4.38. The summed E-state index contributed by atoms with van der Waals surface area (Å²) in [5, 5.41) is 9.16. The van der Waals surface area contributed by atoms with Crippen LogP contribution in [0.3, 0.4) is 0 Å². The van der Waals surface area contributed by atoms with Crippen molar-refractivity contribution < 1.29 is 27.8 Å². The molecule has 0 radical (unpaired) electrons. The molecule has 24 heavy (non-hydrogen) atoms. The van der Waals surface area contributed by atoms with Crippen LogP contribution in [0.15, 0.2) is 30.3 Å². The number of rotatable bonds is 3. The first-order valence-corrected chi connectivity index (χ1v) is 7.61. The van der Waals surface area contributed by atoms with Gasteiger partial charge in [-0.15, -0.1) is 0 Å². The van der Waals surface area contributed by atoms with E-state index < -0.39 is 17.8 Å². The van der Waals surface area contributed by atoms with Crippen LogP contribution in [0.2, 0.25) is 0 Å².